The van der Waals surface area contributed by atoms with E-state index in [0.717, 1.165) is 0 Å². The second-order valence-corrected chi connectivity index (χ2v) is 5.34. The summed E-state index contributed by atoms with van der Waals surface area (Å²) in [4.78, 5) is 36.7. The average molecular weight is 365 g/mol. The van der Waals surface area contributed by atoms with E-state index < -0.39 is 15.8 Å². The van der Waals surface area contributed by atoms with Crippen molar-refractivity contribution in [1.29, 1.82) is 0 Å². The first-order chi connectivity index (χ1) is 13.0. The number of hydrogen-bond donors (Lipinski definition) is 0. The highest BCUT2D eigenvalue weighted by molar-refractivity contribution is 6.11. The number of aliphatic imine (C=N–C) groups is 1. The van der Waals surface area contributed by atoms with Gasteiger partial charge in [0.25, 0.3) is 11.4 Å². The summed E-state index contributed by atoms with van der Waals surface area (Å²) in [7, 11) is 0. The number of allylic oxidation sites excluding steroid dienone is 2. The lowest BCUT2D eigenvalue weighted by Gasteiger charge is -1.98. The molecule has 1 heterocycles. The van der Waals surface area contributed by atoms with E-state index in [-0.39, 0.29) is 23.0 Å². The van der Waals surface area contributed by atoms with Crippen LogP contribution in [0.4, 0.5) is 11.4 Å². The number of hydrogen-bond acceptors (Lipinski definition) is 7. The molecular formula is C18H11N3O6. The minimum Gasteiger partial charge on any atom is -0.402 e. The summed E-state index contributed by atoms with van der Waals surface area (Å²) in [5, 5.41) is 21.8. The predicted molar refractivity (Wildman–Crippen MR) is 95.9 cm³/mol. The quantitative estimate of drug-likeness (QED) is 0.346. The summed E-state index contributed by atoms with van der Waals surface area (Å²) < 4.78 is 5.04. The molecule has 0 saturated heterocycles. The molecule has 0 radical (unpaired) electrons. The van der Waals surface area contributed by atoms with Crippen LogP contribution in [-0.2, 0) is 9.53 Å². The van der Waals surface area contributed by atoms with Crippen LogP contribution in [0.1, 0.15) is 11.1 Å². The molecule has 0 N–H and O–H groups in total. The van der Waals surface area contributed by atoms with Crippen molar-refractivity contribution in [3.63, 3.8) is 0 Å². The second-order valence-electron chi connectivity index (χ2n) is 5.34. The third-order valence-electron chi connectivity index (χ3n) is 3.59. The van der Waals surface area contributed by atoms with Crippen LogP contribution < -0.4 is 0 Å². The Kier molecular flexibility index (Phi) is 4.84. The van der Waals surface area contributed by atoms with Crippen LogP contribution in [0.25, 0.3) is 6.08 Å². The van der Waals surface area contributed by atoms with Crippen molar-refractivity contribution >= 4 is 29.3 Å². The number of para-hydroxylation sites is 1. The van der Waals surface area contributed by atoms with Gasteiger partial charge in [0, 0.05) is 23.8 Å². The number of carbonyl (C=O) groups excluding carboxylic acids is 1. The minimum absolute atomic E-state index is 0.0219. The van der Waals surface area contributed by atoms with Crippen LogP contribution in [-0.4, -0.2) is 21.7 Å². The zero-order chi connectivity index (χ0) is 19.4. The van der Waals surface area contributed by atoms with E-state index in [9.17, 15) is 25.0 Å². The minimum atomic E-state index is -0.719. The van der Waals surface area contributed by atoms with Crippen molar-refractivity contribution < 1.29 is 19.4 Å². The number of cyclic esters (lactones) is 1. The normalized spacial score (nSPS) is 15.0. The maximum Gasteiger partial charge on any atom is 0.363 e. The lowest BCUT2D eigenvalue weighted by Crippen LogP contribution is -2.05. The fourth-order valence-electron chi connectivity index (χ4n) is 2.34. The number of rotatable bonds is 5. The highest BCUT2D eigenvalue weighted by Gasteiger charge is 2.24. The Morgan fingerprint density at radius 1 is 1.00 bits per heavy atom. The van der Waals surface area contributed by atoms with Gasteiger partial charge in [0.15, 0.2) is 5.70 Å². The molecule has 0 spiro atoms. The molecule has 134 valence electrons. The van der Waals surface area contributed by atoms with Gasteiger partial charge in [-0.1, -0.05) is 24.3 Å². The summed E-state index contributed by atoms with van der Waals surface area (Å²) in [5.74, 6) is -0.766. The maximum absolute atomic E-state index is 11.9. The molecule has 9 nitrogen and oxygen atoms in total. The van der Waals surface area contributed by atoms with Gasteiger partial charge in [0.2, 0.25) is 5.90 Å². The number of benzene rings is 2. The summed E-state index contributed by atoms with van der Waals surface area (Å²) in [6, 6.07) is 11.7. The van der Waals surface area contributed by atoms with Crippen LogP contribution in [0, 0.1) is 20.2 Å². The van der Waals surface area contributed by atoms with Gasteiger partial charge in [0.05, 0.1) is 15.4 Å². The number of esters is 1. The molecular weight excluding hydrogens is 354 g/mol. The molecule has 0 amide bonds. The molecule has 2 aromatic carbocycles. The van der Waals surface area contributed by atoms with Crippen LogP contribution >= 0.6 is 0 Å². The van der Waals surface area contributed by atoms with Gasteiger partial charge >= 0.3 is 5.97 Å². The van der Waals surface area contributed by atoms with E-state index >= 15 is 0 Å². The van der Waals surface area contributed by atoms with Crippen molar-refractivity contribution in [2.24, 2.45) is 4.99 Å². The van der Waals surface area contributed by atoms with Crippen molar-refractivity contribution in [3.8, 4) is 0 Å². The van der Waals surface area contributed by atoms with Gasteiger partial charge in [-0.25, -0.2) is 9.79 Å². The fourth-order valence-corrected chi connectivity index (χ4v) is 2.34. The molecule has 27 heavy (non-hydrogen) atoms. The van der Waals surface area contributed by atoms with Crippen molar-refractivity contribution in [2.75, 3.05) is 0 Å². The smallest absolute Gasteiger partial charge is 0.363 e. The molecule has 9 heteroatoms. The number of nitro benzene ring substituents is 2. The highest BCUT2D eigenvalue weighted by Crippen LogP contribution is 2.21. The molecule has 1 aliphatic heterocycles. The SMILES string of the molecule is O=C1OC(c2cccc([N+](=O)[O-])c2)=NC1=CC=Cc1ccccc1[N+](=O)[O-]. The van der Waals surface area contributed by atoms with Crippen molar-refractivity contribution in [3.05, 3.63) is 97.7 Å². The van der Waals surface area contributed by atoms with E-state index in [2.05, 4.69) is 4.99 Å². The Bertz CT molecular complexity index is 1040. The Labute approximate surface area is 152 Å². The maximum atomic E-state index is 11.9. The van der Waals surface area contributed by atoms with E-state index in [1.807, 2.05) is 0 Å². The van der Waals surface area contributed by atoms with E-state index in [1.165, 1.54) is 48.6 Å². The molecule has 0 atom stereocenters. The summed E-state index contributed by atoms with van der Waals surface area (Å²) in [5.41, 5.74) is 0.422. The number of ether oxygens (including phenoxy) is 1. The fraction of sp³-hybridized carbons (Fsp3) is 0. The highest BCUT2D eigenvalue weighted by atomic mass is 16.6. The predicted octanol–water partition coefficient (Wildman–Crippen LogP) is 3.40. The van der Waals surface area contributed by atoms with Crippen molar-refractivity contribution in [1.82, 2.24) is 0 Å². The summed E-state index contributed by atoms with van der Waals surface area (Å²) in [6.07, 6.45) is 4.27. The zero-order valence-electron chi connectivity index (χ0n) is 13.6. The van der Waals surface area contributed by atoms with Crippen molar-refractivity contribution in [2.45, 2.75) is 0 Å². The Morgan fingerprint density at radius 2 is 1.78 bits per heavy atom. The molecule has 0 bridgehead atoms. The molecule has 0 saturated carbocycles. The van der Waals surface area contributed by atoms with Gasteiger partial charge < -0.3 is 4.74 Å². The van der Waals surface area contributed by atoms with Crippen LogP contribution in [0.15, 0.2) is 71.4 Å². The molecule has 3 rings (SSSR count). The van der Waals surface area contributed by atoms with Gasteiger partial charge in [-0.2, -0.15) is 0 Å². The van der Waals surface area contributed by atoms with Crippen LogP contribution in [0.2, 0.25) is 0 Å². The molecule has 2 aromatic rings. The topological polar surface area (TPSA) is 125 Å². The van der Waals surface area contributed by atoms with E-state index in [0.29, 0.717) is 11.1 Å². The lowest BCUT2D eigenvalue weighted by atomic mass is 10.1. The summed E-state index contributed by atoms with van der Waals surface area (Å²) >= 11 is 0. The van der Waals surface area contributed by atoms with Gasteiger partial charge in [-0.15, -0.1) is 0 Å². The number of nitrogens with zero attached hydrogens (tertiary/aromatic N) is 3. The third kappa shape index (κ3) is 3.93. The first-order valence-electron chi connectivity index (χ1n) is 7.63. The number of non-ortho nitro benzene ring substituents is 1. The lowest BCUT2D eigenvalue weighted by molar-refractivity contribution is -0.385. The second kappa shape index (κ2) is 7.40. The third-order valence-corrected chi connectivity index (χ3v) is 3.59. The van der Waals surface area contributed by atoms with Crippen LogP contribution in [0.3, 0.4) is 0 Å². The Morgan fingerprint density at radius 3 is 2.52 bits per heavy atom. The number of carbonyl (C=O) groups is 1. The van der Waals surface area contributed by atoms with Crippen LogP contribution in [0.5, 0.6) is 0 Å². The average Bonchev–Trinajstić information content (AvgIpc) is 3.03. The number of nitro groups is 2. The van der Waals surface area contributed by atoms with Gasteiger partial charge in [-0.05, 0) is 24.3 Å². The molecule has 0 aromatic heterocycles. The first kappa shape index (κ1) is 17.7. The Hall–Kier alpha value is -4.14. The van der Waals surface area contributed by atoms with Gasteiger partial charge in [-0.3, -0.25) is 20.2 Å². The molecule has 0 aliphatic carbocycles. The van der Waals surface area contributed by atoms with E-state index in [1.54, 1.807) is 18.2 Å². The monoisotopic (exact) mass is 365 g/mol. The largest absolute Gasteiger partial charge is 0.402 e. The standard InChI is InChI=1S/C18H11N3O6/c22-18-15(9-4-6-12-5-1-2-10-16(12)21(25)26)19-17(27-18)13-7-3-8-14(11-13)20(23)24/h1-11H. The summed E-state index contributed by atoms with van der Waals surface area (Å²) in [6.45, 7) is 0. The molecule has 1 aliphatic rings. The first-order valence-corrected chi connectivity index (χ1v) is 7.63. The molecule has 0 unspecified atom stereocenters. The zero-order valence-corrected chi connectivity index (χ0v) is 13.6. The molecule has 0 fully saturated rings. The van der Waals surface area contributed by atoms with E-state index in [4.69, 9.17) is 4.74 Å². The Balaban J connectivity index is 1.85. The van der Waals surface area contributed by atoms with Gasteiger partial charge in [0.1, 0.15) is 0 Å².